The van der Waals surface area contributed by atoms with Gasteiger partial charge in [0.05, 0.1) is 6.61 Å². The molecule has 1 aliphatic heterocycles. The Hall–Kier alpha value is -0.860. The first-order valence-electron chi connectivity index (χ1n) is 6.43. The minimum atomic E-state index is -0.158. The molecule has 0 atom stereocenters. The summed E-state index contributed by atoms with van der Waals surface area (Å²) in [5.74, 6) is 0.589. The van der Waals surface area contributed by atoms with Gasteiger partial charge in [-0.25, -0.2) is 0 Å². The Labute approximate surface area is 104 Å². The van der Waals surface area contributed by atoms with E-state index in [4.69, 9.17) is 4.74 Å². The van der Waals surface area contributed by atoms with Gasteiger partial charge in [-0.05, 0) is 29.9 Å². The average molecular weight is 234 g/mol. The van der Waals surface area contributed by atoms with Crippen molar-refractivity contribution in [2.75, 3.05) is 19.8 Å². The number of hydrogen-bond acceptors (Lipinski definition) is 2. The van der Waals surface area contributed by atoms with Gasteiger partial charge in [-0.2, -0.15) is 0 Å². The van der Waals surface area contributed by atoms with Crippen LogP contribution in [0.25, 0.3) is 0 Å². The fraction of sp³-hybridized carbons (Fsp3) is 0.600. The van der Waals surface area contributed by atoms with E-state index in [2.05, 4.69) is 38.1 Å². The normalized spacial score (nSPS) is 18.3. The largest absolute Gasteiger partial charge is 0.395 e. The van der Waals surface area contributed by atoms with E-state index in [1.54, 1.807) is 0 Å². The lowest BCUT2D eigenvalue weighted by Crippen LogP contribution is -2.26. The molecule has 1 N–H and O–H groups in total. The highest BCUT2D eigenvalue weighted by atomic mass is 16.5. The summed E-state index contributed by atoms with van der Waals surface area (Å²) in [6.07, 6.45) is 2.19. The minimum Gasteiger partial charge on any atom is -0.395 e. The van der Waals surface area contributed by atoms with Crippen LogP contribution in [-0.2, 0) is 10.2 Å². The lowest BCUT2D eigenvalue weighted by molar-refractivity contribution is 0.0847. The molecule has 1 heterocycles. The van der Waals surface area contributed by atoms with E-state index in [1.807, 2.05) is 0 Å². The van der Waals surface area contributed by atoms with E-state index in [1.165, 1.54) is 11.1 Å². The van der Waals surface area contributed by atoms with Crippen LogP contribution in [0.3, 0.4) is 0 Å². The van der Waals surface area contributed by atoms with Crippen molar-refractivity contribution in [2.45, 2.75) is 38.0 Å². The zero-order valence-corrected chi connectivity index (χ0v) is 10.8. The third-order valence-corrected chi connectivity index (χ3v) is 3.75. The second kappa shape index (κ2) is 5.19. The predicted molar refractivity (Wildman–Crippen MR) is 69.3 cm³/mol. The van der Waals surface area contributed by atoms with E-state index in [9.17, 15) is 5.11 Å². The van der Waals surface area contributed by atoms with Gasteiger partial charge in [-0.15, -0.1) is 0 Å². The van der Waals surface area contributed by atoms with Crippen molar-refractivity contribution in [1.82, 2.24) is 0 Å². The van der Waals surface area contributed by atoms with Crippen LogP contribution in [0.2, 0.25) is 0 Å². The van der Waals surface area contributed by atoms with E-state index < -0.39 is 0 Å². The van der Waals surface area contributed by atoms with E-state index in [-0.39, 0.29) is 12.0 Å². The smallest absolute Gasteiger partial charge is 0.0522 e. The molecule has 2 rings (SSSR count). The van der Waals surface area contributed by atoms with Crippen molar-refractivity contribution in [3.05, 3.63) is 35.4 Å². The summed E-state index contributed by atoms with van der Waals surface area (Å²) >= 11 is 0. The van der Waals surface area contributed by atoms with Crippen LogP contribution in [0.4, 0.5) is 0 Å². The van der Waals surface area contributed by atoms with Gasteiger partial charge < -0.3 is 9.84 Å². The SMILES string of the molecule is CC(C)(CO)c1ccccc1C1CCOCC1. The summed E-state index contributed by atoms with van der Waals surface area (Å²) in [6, 6.07) is 8.53. The molecule has 0 saturated carbocycles. The molecule has 17 heavy (non-hydrogen) atoms. The Morgan fingerprint density at radius 3 is 2.53 bits per heavy atom. The summed E-state index contributed by atoms with van der Waals surface area (Å²) in [4.78, 5) is 0. The molecular weight excluding hydrogens is 212 g/mol. The molecule has 0 unspecified atom stereocenters. The fourth-order valence-electron chi connectivity index (χ4n) is 2.56. The molecule has 94 valence electrons. The Kier molecular flexibility index (Phi) is 3.85. The Balaban J connectivity index is 2.33. The maximum absolute atomic E-state index is 9.55. The van der Waals surface area contributed by atoms with Crippen LogP contribution >= 0.6 is 0 Å². The first-order valence-corrected chi connectivity index (χ1v) is 6.43. The van der Waals surface area contributed by atoms with Crippen LogP contribution in [0.1, 0.15) is 43.7 Å². The molecular formula is C15H22O2. The van der Waals surface area contributed by atoms with Gasteiger partial charge in [0, 0.05) is 18.6 Å². The zero-order valence-electron chi connectivity index (χ0n) is 10.8. The highest BCUT2D eigenvalue weighted by Gasteiger charge is 2.26. The van der Waals surface area contributed by atoms with Gasteiger partial charge in [0.1, 0.15) is 0 Å². The zero-order chi connectivity index (χ0) is 12.3. The average Bonchev–Trinajstić information content (AvgIpc) is 2.40. The minimum absolute atomic E-state index is 0.158. The summed E-state index contributed by atoms with van der Waals surface area (Å²) in [5.41, 5.74) is 2.53. The summed E-state index contributed by atoms with van der Waals surface area (Å²) in [6.45, 7) is 6.11. The van der Waals surface area contributed by atoms with Crippen LogP contribution in [0.15, 0.2) is 24.3 Å². The molecule has 2 nitrogen and oxygen atoms in total. The highest BCUT2D eigenvalue weighted by molar-refractivity contribution is 5.36. The second-order valence-corrected chi connectivity index (χ2v) is 5.52. The maximum Gasteiger partial charge on any atom is 0.0522 e. The van der Waals surface area contributed by atoms with Gasteiger partial charge in [0.25, 0.3) is 0 Å². The molecule has 2 heteroatoms. The highest BCUT2D eigenvalue weighted by Crippen LogP contribution is 2.35. The van der Waals surface area contributed by atoms with Crippen molar-refractivity contribution >= 4 is 0 Å². The van der Waals surface area contributed by atoms with Crippen molar-refractivity contribution in [2.24, 2.45) is 0 Å². The van der Waals surface area contributed by atoms with Crippen molar-refractivity contribution < 1.29 is 9.84 Å². The first-order chi connectivity index (χ1) is 8.15. The van der Waals surface area contributed by atoms with Crippen molar-refractivity contribution in [3.63, 3.8) is 0 Å². The van der Waals surface area contributed by atoms with E-state index >= 15 is 0 Å². The summed E-state index contributed by atoms with van der Waals surface area (Å²) in [5, 5.41) is 9.55. The van der Waals surface area contributed by atoms with E-state index in [0.29, 0.717) is 5.92 Å². The maximum atomic E-state index is 9.55. The molecule has 0 amide bonds. The topological polar surface area (TPSA) is 29.5 Å². The molecule has 1 saturated heterocycles. The van der Waals surface area contributed by atoms with Crippen LogP contribution in [-0.4, -0.2) is 24.9 Å². The number of benzene rings is 1. The predicted octanol–water partition coefficient (Wildman–Crippen LogP) is 2.85. The lowest BCUT2D eigenvalue weighted by Gasteiger charge is -2.30. The number of aliphatic hydroxyl groups excluding tert-OH is 1. The summed E-state index contributed by atoms with van der Waals surface area (Å²) < 4.78 is 5.42. The fourth-order valence-corrected chi connectivity index (χ4v) is 2.56. The number of rotatable bonds is 3. The Bertz CT molecular complexity index is 365. The van der Waals surface area contributed by atoms with Gasteiger partial charge in [-0.3, -0.25) is 0 Å². The van der Waals surface area contributed by atoms with Gasteiger partial charge in [-0.1, -0.05) is 38.1 Å². The molecule has 1 fully saturated rings. The van der Waals surface area contributed by atoms with Crippen LogP contribution < -0.4 is 0 Å². The number of hydrogen-bond donors (Lipinski definition) is 1. The third-order valence-electron chi connectivity index (χ3n) is 3.75. The standard InChI is InChI=1S/C15H22O2/c1-15(2,11-16)14-6-4-3-5-13(14)12-7-9-17-10-8-12/h3-6,12,16H,7-11H2,1-2H3. The quantitative estimate of drug-likeness (QED) is 0.871. The summed E-state index contributed by atoms with van der Waals surface area (Å²) in [7, 11) is 0. The third kappa shape index (κ3) is 2.70. The Morgan fingerprint density at radius 2 is 1.88 bits per heavy atom. The lowest BCUT2D eigenvalue weighted by atomic mass is 9.77. The first kappa shape index (κ1) is 12.6. The van der Waals surface area contributed by atoms with E-state index in [0.717, 1.165) is 26.1 Å². The molecule has 0 aliphatic carbocycles. The van der Waals surface area contributed by atoms with Crippen molar-refractivity contribution in [1.29, 1.82) is 0 Å². The van der Waals surface area contributed by atoms with Gasteiger partial charge >= 0.3 is 0 Å². The number of ether oxygens (including phenoxy) is 1. The molecule has 1 aromatic rings. The van der Waals surface area contributed by atoms with Crippen LogP contribution in [0.5, 0.6) is 0 Å². The van der Waals surface area contributed by atoms with Crippen LogP contribution in [0, 0.1) is 0 Å². The Morgan fingerprint density at radius 1 is 1.24 bits per heavy atom. The van der Waals surface area contributed by atoms with Gasteiger partial charge in [0.15, 0.2) is 0 Å². The second-order valence-electron chi connectivity index (χ2n) is 5.52. The monoisotopic (exact) mass is 234 g/mol. The molecule has 0 radical (unpaired) electrons. The number of aliphatic hydroxyl groups is 1. The molecule has 1 aromatic carbocycles. The molecule has 0 spiro atoms. The van der Waals surface area contributed by atoms with Crippen molar-refractivity contribution in [3.8, 4) is 0 Å². The molecule has 0 bridgehead atoms. The van der Waals surface area contributed by atoms with Gasteiger partial charge in [0.2, 0.25) is 0 Å². The molecule has 0 aromatic heterocycles. The molecule has 1 aliphatic rings.